The summed E-state index contributed by atoms with van der Waals surface area (Å²) in [6.07, 6.45) is 1.28. The molecule has 2 aromatic rings. The molecule has 0 fully saturated rings. The first-order chi connectivity index (χ1) is 9.70. The Balaban J connectivity index is 2.21. The highest BCUT2D eigenvalue weighted by molar-refractivity contribution is 5.36. The smallest absolute Gasteiger partial charge is 0.119 e. The van der Waals surface area contributed by atoms with Gasteiger partial charge in [-0.1, -0.05) is 42.5 Å². The molecule has 0 saturated carbocycles. The van der Waals surface area contributed by atoms with Crippen molar-refractivity contribution in [3.05, 3.63) is 65.7 Å². The molecule has 0 amide bonds. The summed E-state index contributed by atoms with van der Waals surface area (Å²) in [5, 5.41) is 0. The highest BCUT2D eigenvalue weighted by Gasteiger charge is 2.14. The first-order valence-electron chi connectivity index (χ1n) is 7.31. The summed E-state index contributed by atoms with van der Waals surface area (Å²) in [6.45, 7) is 5.02. The van der Waals surface area contributed by atoms with Crippen LogP contribution in [0.4, 0.5) is 0 Å². The lowest BCUT2D eigenvalue weighted by Gasteiger charge is -2.17. The molecule has 3 N–H and O–H groups in total. The number of rotatable bonds is 6. The van der Waals surface area contributed by atoms with Crippen molar-refractivity contribution in [1.82, 2.24) is 0 Å². The van der Waals surface area contributed by atoms with Crippen molar-refractivity contribution in [2.24, 2.45) is 0 Å². The van der Waals surface area contributed by atoms with Gasteiger partial charge in [-0.3, -0.25) is 0 Å². The zero-order valence-electron chi connectivity index (χ0n) is 12.4. The lowest BCUT2D eigenvalue weighted by Crippen LogP contribution is -2.50. The highest BCUT2D eigenvalue weighted by Crippen LogP contribution is 2.28. The normalized spacial score (nSPS) is 12.4. The van der Waals surface area contributed by atoms with Gasteiger partial charge in [0.2, 0.25) is 0 Å². The molecule has 0 unspecified atom stereocenters. The van der Waals surface area contributed by atoms with Crippen LogP contribution in [-0.2, 0) is 0 Å². The van der Waals surface area contributed by atoms with Crippen molar-refractivity contribution in [2.75, 3.05) is 6.54 Å². The van der Waals surface area contributed by atoms with E-state index >= 15 is 0 Å². The van der Waals surface area contributed by atoms with Crippen molar-refractivity contribution in [2.45, 2.75) is 32.3 Å². The van der Waals surface area contributed by atoms with Gasteiger partial charge in [-0.05, 0) is 37.1 Å². The topological polar surface area (TPSA) is 36.9 Å². The molecule has 0 aromatic heterocycles. The molecule has 2 aromatic carbocycles. The van der Waals surface area contributed by atoms with Gasteiger partial charge in [0.15, 0.2) is 0 Å². The molecule has 0 heterocycles. The van der Waals surface area contributed by atoms with Crippen LogP contribution in [0.5, 0.6) is 5.75 Å². The molecule has 20 heavy (non-hydrogen) atoms. The minimum absolute atomic E-state index is 0.214. The van der Waals surface area contributed by atoms with E-state index in [1.54, 1.807) is 0 Å². The van der Waals surface area contributed by atoms with Crippen LogP contribution in [0.25, 0.3) is 0 Å². The second kappa shape index (κ2) is 7.11. The maximum atomic E-state index is 5.70. The Hall–Kier alpha value is -1.80. The van der Waals surface area contributed by atoms with E-state index in [1.165, 1.54) is 11.1 Å². The van der Waals surface area contributed by atoms with Crippen molar-refractivity contribution < 1.29 is 10.5 Å². The Morgan fingerprint density at radius 2 is 1.50 bits per heavy atom. The van der Waals surface area contributed by atoms with Crippen LogP contribution < -0.4 is 10.5 Å². The second-order valence-corrected chi connectivity index (χ2v) is 5.34. The zero-order valence-corrected chi connectivity index (χ0v) is 12.4. The van der Waals surface area contributed by atoms with Gasteiger partial charge in [-0.2, -0.15) is 0 Å². The second-order valence-electron chi connectivity index (χ2n) is 5.34. The predicted octanol–water partition coefficient (Wildman–Crippen LogP) is 3.24. The van der Waals surface area contributed by atoms with Gasteiger partial charge in [0, 0.05) is 12.3 Å². The summed E-state index contributed by atoms with van der Waals surface area (Å²) in [4.78, 5) is 0. The van der Waals surface area contributed by atoms with Crippen LogP contribution in [0.2, 0.25) is 0 Å². The van der Waals surface area contributed by atoms with E-state index in [0.717, 1.165) is 18.7 Å². The first-order valence-corrected chi connectivity index (χ1v) is 7.31. The van der Waals surface area contributed by atoms with Gasteiger partial charge in [0.25, 0.3) is 0 Å². The molecule has 0 bridgehead atoms. The summed E-state index contributed by atoms with van der Waals surface area (Å²) in [6, 6.07) is 19.1. The molecular formula is C18H24NO+. The van der Waals surface area contributed by atoms with Gasteiger partial charge in [-0.15, -0.1) is 0 Å². The van der Waals surface area contributed by atoms with Gasteiger partial charge in [0.05, 0.1) is 12.6 Å². The van der Waals surface area contributed by atoms with E-state index in [2.05, 4.69) is 60.3 Å². The summed E-state index contributed by atoms with van der Waals surface area (Å²) in [5.41, 5.74) is 6.69. The molecule has 2 nitrogen and oxygen atoms in total. The minimum Gasteiger partial charge on any atom is -0.491 e. The Kier molecular flexibility index (Phi) is 5.19. The Labute approximate surface area is 121 Å². The fourth-order valence-corrected chi connectivity index (χ4v) is 2.47. The monoisotopic (exact) mass is 270 g/mol. The summed E-state index contributed by atoms with van der Waals surface area (Å²) >= 11 is 0. The number of hydrogen-bond acceptors (Lipinski definition) is 1. The van der Waals surface area contributed by atoms with Gasteiger partial charge in [0.1, 0.15) is 5.75 Å². The summed E-state index contributed by atoms with van der Waals surface area (Å²) in [5.74, 6) is 1.35. The third-order valence-electron chi connectivity index (χ3n) is 3.35. The lowest BCUT2D eigenvalue weighted by molar-refractivity contribution is -0.368. The van der Waals surface area contributed by atoms with Crippen LogP contribution in [0, 0.1) is 0 Å². The maximum absolute atomic E-state index is 5.70. The number of hydrogen-bond donors (Lipinski definition) is 1. The number of benzene rings is 2. The van der Waals surface area contributed by atoms with E-state index in [0.29, 0.717) is 5.92 Å². The molecule has 106 valence electrons. The fourth-order valence-electron chi connectivity index (χ4n) is 2.47. The van der Waals surface area contributed by atoms with E-state index in [-0.39, 0.29) is 6.10 Å². The summed E-state index contributed by atoms with van der Waals surface area (Å²) in [7, 11) is 0. The molecule has 2 heteroatoms. The van der Waals surface area contributed by atoms with E-state index in [4.69, 9.17) is 4.74 Å². The van der Waals surface area contributed by atoms with E-state index in [1.807, 2.05) is 13.8 Å². The molecule has 0 saturated heterocycles. The number of quaternary nitrogens is 1. The van der Waals surface area contributed by atoms with E-state index in [9.17, 15) is 0 Å². The van der Waals surface area contributed by atoms with Crippen LogP contribution in [0.15, 0.2) is 54.6 Å². The third kappa shape index (κ3) is 3.84. The molecule has 2 rings (SSSR count). The van der Waals surface area contributed by atoms with Gasteiger partial charge >= 0.3 is 0 Å². The maximum Gasteiger partial charge on any atom is 0.119 e. The minimum atomic E-state index is 0.214. The van der Waals surface area contributed by atoms with Crippen molar-refractivity contribution in [1.29, 1.82) is 0 Å². The van der Waals surface area contributed by atoms with Crippen molar-refractivity contribution >= 4 is 0 Å². The van der Waals surface area contributed by atoms with E-state index < -0.39 is 0 Å². The summed E-state index contributed by atoms with van der Waals surface area (Å²) < 4.78 is 5.70. The van der Waals surface area contributed by atoms with Gasteiger partial charge in [-0.25, -0.2) is 0 Å². The largest absolute Gasteiger partial charge is 0.491 e. The van der Waals surface area contributed by atoms with Crippen LogP contribution in [-0.4, -0.2) is 12.6 Å². The molecule has 0 aliphatic carbocycles. The molecule has 0 aliphatic heterocycles. The quantitative estimate of drug-likeness (QED) is 0.859. The molecule has 0 spiro atoms. The van der Waals surface area contributed by atoms with Crippen molar-refractivity contribution in [3.63, 3.8) is 0 Å². The van der Waals surface area contributed by atoms with Crippen molar-refractivity contribution in [3.8, 4) is 5.75 Å². The molecule has 0 radical (unpaired) electrons. The first kappa shape index (κ1) is 14.6. The lowest BCUT2D eigenvalue weighted by atomic mass is 9.88. The van der Waals surface area contributed by atoms with Crippen LogP contribution in [0.1, 0.15) is 37.3 Å². The Morgan fingerprint density at radius 3 is 2.05 bits per heavy atom. The standard InChI is InChI=1S/C18H23NO/c1-14(2)20-17-10-8-16(9-11-17)18(12-13-19)15-6-4-3-5-7-15/h3-11,14,18H,12-13,19H2,1-2H3/p+1/t18-/m1/s1. The molecular weight excluding hydrogens is 246 g/mol. The molecule has 0 aliphatic rings. The Morgan fingerprint density at radius 1 is 0.900 bits per heavy atom. The average molecular weight is 270 g/mol. The SMILES string of the molecule is CC(C)Oc1ccc([C@H](CC[NH3+])c2ccccc2)cc1. The third-order valence-corrected chi connectivity index (χ3v) is 3.35. The fraction of sp³-hybridized carbons (Fsp3) is 0.333. The molecule has 1 atom stereocenters. The number of ether oxygens (including phenoxy) is 1. The predicted molar refractivity (Wildman–Crippen MR) is 82.9 cm³/mol. The highest BCUT2D eigenvalue weighted by atomic mass is 16.5. The Bertz CT molecular complexity index is 505. The average Bonchev–Trinajstić information content (AvgIpc) is 2.46. The zero-order chi connectivity index (χ0) is 14.4. The van der Waals surface area contributed by atoms with Crippen LogP contribution in [0.3, 0.4) is 0 Å². The van der Waals surface area contributed by atoms with Gasteiger partial charge < -0.3 is 10.5 Å². The van der Waals surface area contributed by atoms with Crippen LogP contribution >= 0.6 is 0 Å².